The monoisotopic (exact) mass is 240 g/mol. The van der Waals surface area contributed by atoms with Crippen LogP contribution in [-0.2, 0) is 0 Å². The molecular weight excluding hydrogens is 224 g/mol. The van der Waals surface area contributed by atoms with E-state index < -0.39 is 4.92 Å². The Labute approximate surface area is 99.5 Å². The van der Waals surface area contributed by atoms with Gasteiger partial charge >= 0.3 is 5.69 Å². The second kappa shape index (κ2) is 6.05. The number of benzene rings is 1. The molecule has 0 fully saturated rings. The van der Waals surface area contributed by atoms with Gasteiger partial charge in [-0.1, -0.05) is 6.92 Å². The zero-order chi connectivity index (χ0) is 12.8. The van der Waals surface area contributed by atoms with Crippen LogP contribution in [0.3, 0.4) is 0 Å². The quantitative estimate of drug-likeness (QED) is 0.602. The summed E-state index contributed by atoms with van der Waals surface area (Å²) in [4.78, 5) is 10.3. The van der Waals surface area contributed by atoms with Crippen molar-refractivity contribution in [3.8, 4) is 11.5 Å². The van der Waals surface area contributed by atoms with Crippen LogP contribution in [0.25, 0.3) is 0 Å². The normalized spacial score (nSPS) is 11.9. The summed E-state index contributed by atoms with van der Waals surface area (Å²) in [6.07, 6.45) is 0. The van der Waals surface area contributed by atoms with Gasteiger partial charge in [-0.15, -0.1) is 0 Å². The number of nitrogens with two attached hydrogens (primary N) is 1. The second-order valence-electron chi connectivity index (χ2n) is 3.74. The SMILES string of the molecule is COc1ccc([N+](=O)[O-])c(OCC(C)CN)c1. The first kappa shape index (κ1) is 13.2. The summed E-state index contributed by atoms with van der Waals surface area (Å²) < 4.78 is 10.4. The van der Waals surface area contributed by atoms with Crippen molar-refractivity contribution in [2.75, 3.05) is 20.3 Å². The lowest BCUT2D eigenvalue weighted by Gasteiger charge is -2.11. The molecule has 1 rings (SSSR count). The molecule has 0 heterocycles. The fraction of sp³-hybridized carbons (Fsp3) is 0.455. The van der Waals surface area contributed by atoms with Crippen molar-refractivity contribution in [3.63, 3.8) is 0 Å². The molecule has 0 radical (unpaired) electrons. The Morgan fingerprint density at radius 2 is 2.24 bits per heavy atom. The lowest BCUT2D eigenvalue weighted by Crippen LogP contribution is -2.18. The van der Waals surface area contributed by atoms with E-state index in [0.29, 0.717) is 18.9 Å². The maximum atomic E-state index is 10.8. The molecule has 0 saturated heterocycles. The summed E-state index contributed by atoms with van der Waals surface area (Å²) >= 11 is 0. The summed E-state index contributed by atoms with van der Waals surface area (Å²) in [6, 6.07) is 4.39. The number of nitrogens with zero attached hydrogens (tertiary/aromatic N) is 1. The Morgan fingerprint density at radius 3 is 2.76 bits per heavy atom. The van der Waals surface area contributed by atoms with E-state index in [9.17, 15) is 10.1 Å². The van der Waals surface area contributed by atoms with Gasteiger partial charge in [-0.3, -0.25) is 10.1 Å². The molecule has 0 spiro atoms. The Morgan fingerprint density at radius 1 is 1.53 bits per heavy atom. The van der Waals surface area contributed by atoms with E-state index in [1.165, 1.54) is 25.3 Å². The van der Waals surface area contributed by atoms with E-state index in [2.05, 4.69) is 0 Å². The van der Waals surface area contributed by atoms with Crippen molar-refractivity contribution in [3.05, 3.63) is 28.3 Å². The Balaban J connectivity index is 2.89. The summed E-state index contributed by atoms with van der Waals surface area (Å²) in [5.41, 5.74) is 5.38. The molecule has 6 heteroatoms. The van der Waals surface area contributed by atoms with Crippen molar-refractivity contribution in [1.82, 2.24) is 0 Å². The number of nitro benzene ring substituents is 1. The molecule has 1 aromatic rings. The van der Waals surface area contributed by atoms with Crippen LogP contribution < -0.4 is 15.2 Å². The van der Waals surface area contributed by atoms with Crippen molar-refractivity contribution >= 4 is 5.69 Å². The second-order valence-corrected chi connectivity index (χ2v) is 3.74. The first-order valence-corrected chi connectivity index (χ1v) is 5.23. The predicted molar refractivity (Wildman–Crippen MR) is 63.4 cm³/mol. The van der Waals surface area contributed by atoms with Crippen LogP contribution in [0.1, 0.15) is 6.92 Å². The van der Waals surface area contributed by atoms with E-state index >= 15 is 0 Å². The van der Waals surface area contributed by atoms with E-state index in [0.717, 1.165) is 0 Å². The van der Waals surface area contributed by atoms with Crippen LogP contribution in [0.15, 0.2) is 18.2 Å². The number of nitro groups is 1. The third-order valence-corrected chi connectivity index (χ3v) is 2.29. The molecule has 0 aromatic heterocycles. The number of hydrogen-bond donors (Lipinski definition) is 1. The Kier molecular flexibility index (Phi) is 4.71. The first-order valence-electron chi connectivity index (χ1n) is 5.23. The highest BCUT2D eigenvalue weighted by Gasteiger charge is 2.16. The van der Waals surface area contributed by atoms with Crippen LogP contribution in [0, 0.1) is 16.0 Å². The lowest BCUT2D eigenvalue weighted by atomic mass is 10.2. The molecule has 17 heavy (non-hydrogen) atoms. The van der Waals surface area contributed by atoms with E-state index in [1.54, 1.807) is 0 Å². The molecule has 0 bridgehead atoms. The van der Waals surface area contributed by atoms with Gasteiger partial charge in [0.1, 0.15) is 5.75 Å². The summed E-state index contributed by atoms with van der Waals surface area (Å²) in [6.45, 7) is 2.72. The van der Waals surface area contributed by atoms with Crippen molar-refractivity contribution in [2.24, 2.45) is 11.7 Å². The average Bonchev–Trinajstić information content (AvgIpc) is 2.35. The van der Waals surface area contributed by atoms with Gasteiger partial charge in [-0.25, -0.2) is 0 Å². The third-order valence-electron chi connectivity index (χ3n) is 2.29. The van der Waals surface area contributed by atoms with Crippen molar-refractivity contribution in [2.45, 2.75) is 6.92 Å². The van der Waals surface area contributed by atoms with Gasteiger partial charge in [0.05, 0.1) is 18.6 Å². The van der Waals surface area contributed by atoms with Crippen molar-refractivity contribution < 1.29 is 14.4 Å². The fourth-order valence-corrected chi connectivity index (χ4v) is 1.19. The minimum Gasteiger partial charge on any atom is -0.497 e. The largest absolute Gasteiger partial charge is 0.497 e. The Hall–Kier alpha value is -1.82. The maximum absolute atomic E-state index is 10.8. The number of hydrogen-bond acceptors (Lipinski definition) is 5. The zero-order valence-electron chi connectivity index (χ0n) is 9.88. The number of ether oxygens (including phenoxy) is 2. The first-order chi connectivity index (χ1) is 8.08. The summed E-state index contributed by atoms with van der Waals surface area (Å²) in [5.74, 6) is 0.862. The van der Waals surface area contributed by atoms with E-state index in [4.69, 9.17) is 15.2 Å². The maximum Gasteiger partial charge on any atom is 0.311 e. The smallest absolute Gasteiger partial charge is 0.311 e. The molecule has 0 saturated carbocycles. The average molecular weight is 240 g/mol. The zero-order valence-corrected chi connectivity index (χ0v) is 9.88. The number of methoxy groups -OCH3 is 1. The summed E-state index contributed by atoms with van der Waals surface area (Å²) in [7, 11) is 1.49. The standard InChI is InChI=1S/C11H16N2O4/c1-8(6-12)7-17-11-5-9(16-2)3-4-10(11)13(14)15/h3-5,8H,6-7,12H2,1-2H3. The molecule has 0 aliphatic carbocycles. The highest BCUT2D eigenvalue weighted by atomic mass is 16.6. The van der Waals surface area contributed by atoms with Crippen LogP contribution in [0.4, 0.5) is 5.69 Å². The highest BCUT2D eigenvalue weighted by molar-refractivity contribution is 5.50. The molecule has 0 aliphatic heterocycles. The van der Waals surface area contributed by atoms with Crippen LogP contribution in [0.2, 0.25) is 0 Å². The van der Waals surface area contributed by atoms with Crippen LogP contribution >= 0.6 is 0 Å². The molecule has 94 valence electrons. The molecule has 6 nitrogen and oxygen atoms in total. The van der Waals surface area contributed by atoms with Gasteiger partial charge in [0.2, 0.25) is 5.75 Å². The van der Waals surface area contributed by atoms with Gasteiger partial charge in [-0.05, 0) is 12.6 Å². The van der Waals surface area contributed by atoms with Gasteiger partial charge in [0, 0.05) is 18.1 Å². The van der Waals surface area contributed by atoms with Crippen LogP contribution in [-0.4, -0.2) is 25.2 Å². The number of rotatable bonds is 6. The van der Waals surface area contributed by atoms with E-state index in [1.807, 2.05) is 6.92 Å². The fourth-order valence-electron chi connectivity index (χ4n) is 1.19. The van der Waals surface area contributed by atoms with Gasteiger partial charge in [-0.2, -0.15) is 0 Å². The van der Waals surface area contributed by atoms with Gasteiger partial charge in [0.25, 0.3) is 0 Å². The van der Waals surface area contributed by atoms with E-state index in [-0.39, 0.29) is 17.4 Å². The molecule has 1 atom stereocenters. The molecular formula is C11H16N2O4. The molecule has 1 unspecified atom stereocenters. The van der Waals surface area contributed by atoms with Gasteiger partial charge < -0.3 is 15.2 Å². The molecule has 2 N–H and O–H groups in total. The third kappa shape index (κ3) is 3.60. The molecule has 0 amide bonds. The van der Waals surface area contributed by atoms with Crippen molar-refractivity contribution in [1.29, 1.82) is 0 Å². The highest BCUT2D eigenvalue weighted by Crippen LogP contribution is 2.31. The lowest BCUT2D eigenvalue weighted by molar-refractivity contribution is -0.385. The molecule has 0 aliphatic rings. The predicted octanol–water partition coefficient (Wildman–Crippen LogP) is 1.58. The minimum absolute atomic E-state index is 0.0741. The topological polar surface area (TPSA) is 87.6 Å². The van der Waals surface area contributed by atoms with Gasteiger partial charge in [0.15, 0.2) is 0 Å². The summed E-state index contributed by atoms with van der Waals surface area (Å²) in [5, 5.41) is 10.8. The Bertz CT molecular complexity index is 395. The van der Waals surface area contributed by atoms with Crippen LogP contribution in [0.5, 0.6) is 11.5 Å². The minimum atomic E-state index is -0.484. The molecule has 1 aromatic carbocycles.